The molecule has 0 aromatic heterocycles. The largest absolute Gasteiger partial charge is 0.508 e. The Kier molecular flexibility index (Phi) is 30.3. The molecule has 3 amide bonds. The molecule has 1 aromatic rings. The number of phenols is 1. The first-order chi connectivity index (χ1) is 31.6. The molecule has 11 N–H and O–H groups in total. The SMILES string of the molecule is CC[C@H](C)[C@@H]1NC(=O)SC[C@@H](C(=O)CC[C@@H](CCCN=C(N)N)CN[C@@H](Cc2ccc(O)cc2)C(N)=O)NCC(=O)[C@H](CCCCNC(=O)CCOCCOCCCC(=O)CBr)CCC1=O. The van der Waals surface area contributed by atoms with Gasteiger partial charge in [-0.05, 0) is 87.4 Å². The average Bonchev–Trinajstić information content (AvgIpc) is 3.30. The number of phenolic OH excluding ortho intramolecular Hbond substituents is 1. The summed E-state index contributed by atoms with van der Waals surface area (Å²) in [6, 6.07) is 4.24. The number of Topliss-reactive ketones (excluding diaryl/α,β-unsaturated/α-hetero) is 4. The van der Waals surface area contributed by atoms with Gasteiger partial charge in [0.25, 0.3) is 5.24 Å². The smallest absolute Gasteiger partial charge is 0.279 e. The number of nitrogens with one attached hydrogen (secondary N) is 4. The number of ketones is 4. The fourth-order valence-electron chi connectivity index (χ4n) is 7.34. The molecule has 1 saturated heterocycles. The lowest BCUT2D eigenvalue weighted by atomic mass is 9.87. The number of primary amides is 1. The van der Waals surface area contributed by atoms with Crippen LogP contribution < -0.4 is 38.5 Å². The second-order valence-corrected chi connectivity index (χ2v) is 18.4. The van der Waals surface area contributed by atoms with Crippen LogP contribution in [-0.4, -0.2) is 133 Å². The topological polar surface area (TPSA) is 297 Å². The first-order valence-corrected chi connectivity index (χ1v) is 25.3. The Morgan fingerprint density at radius 3 is 2.35 bits per heavy atom. The van der Waals surface area contributed by atoms with Crippen LogP contribution in [0.4, 0.5) is 4.79 Å². The van der Waals surface area contributed by atoms with Gasteiger partial charge in [-0.1, -0.05) is 66.5 Å². The maximum atomic E-state index is 14.0. The molecule has 1 aliphatic rings. The summed E-state index contributed by atoms with van der Waals surface area (Å²) in [5.41, 5.74) is 17.6. The van der Waals surface area contributed by atoms with Crippen LogP contribution in [0.25, 0.3) is 0 Å². The fourth-order valence-corrected chi connectivity index (χ4v) is 8.45. The zero-order valence-electron chi connectivity index (χ0n) is 38.8. The minimum atomic E-state index is -0.834. The van der Waals surface area contributed by atoms with E-state index >= 15 is 0 Å². The van der Waals surface area contributed by atoms with Gasteiger partial charge in [0.05, 0.1) is 49.8 Å². The highest BCUT2D eigenvalue weighted by molar-refractivity contribution is 9.09. The summed E-state index contributed by atoms with van der Waals surface area (Å²) in [5, 5.41) is 21.8. The molecular weight excluding hydrogens is 937 g/mol. The summed E-state index contributed by atoms with van der Waals surface area (Å²) in [5.74, 6) is -1.60. The molecule has 20 heteroatoms. The standard InChI is InChI=1S/C46H75BrN8O10S/c1-3-31(2)43-40(59)18-14-34(9-4-5-20-51-42(61)19-23-65-25-24-64-22-7-10-36(57)27-47)41(60)29-54-38(30-66-46(63)55-43)39(58)17-13-33(8-6-21-52-45(49)50)28-53-37(44(48)62)26-32-11-15-35(56)16-12-32/h11-12,15-16,31,33-34,37-38,43,53-54,56H,3-10,13-14,17-30H2,1-2H3,(H2,48,62)(H,51,61)(H,55,63)(H4,49,50,52)/t31-,33+,34+,37-,38-,43-/m0/s1. The lowest BCUT2D eigenvalue weighted by Crippen LogP contribution is -2.45. The van der Waals surface area contributed by atoms with Gasteiger partial charge in [0, 0.05) is 57.1 Å². The van der Waals surface area contributed by atoms with E-state index in [1.165, 1.54) is 12.1 Å². The van der Waals surface area contributed by atoms with E-state index in [9.17, 15) is 38.7 Å². The van der Waals surface area contributed by atoms with Gasteiger partial charge in [-0.2, -0.15) is 0 Å². The first kappa shape index (κ1) is 58.2. The van der Waals surface area contributed by atoms with Crippen LogP contribution in [0.5, 0.6) is 5.75 Å². The Morgan fingerprint density at radius 1 is 0.939 bits per heavy atom. The van der Waals surface area contributed by atoms with Crippen molar-refractivity contribution in [2.45, 2.75) is 122 Å². The minimum absolute atomic E-state index is 0.0285. The van der Waals surface area contributed by atoms with Crippen molar-refractivity contribution in [1.29, 1.82) is 0 Å². The van der Waals surface area contributed by atoms with Gasteiger partial charge in [-0.3, -0.25) is 43.9 Å². The van der Waals surface area contributed by atoms with Crippen molar-refractivity contribution in [2.75, 3.05) is 63.7 Å². The maximum absolute atomic E-state index is 14.0. The van der Waals surface area contributed by atoms with Crippen molar-refractivity contribution in [3.05, 3.63) is 29.8 Å². The van der Waals surface area contributed by atoms with E-state index in [4.69, 9.17) is 26.7 Å². The molecule has 6 atom stereocenters. The van der Waals surface area contributed by atoms with Gasteiger partial charge in [0.1, 0.15) is 17.3 Å². The Bertz CT molecular complexity index is 1690. The Balaban J connectivity index is 2.03. The van der Waals surface area contributed by atoms with Crippen LogP contribution >= 0.6 is 27.7 Å². The summed E-state index contributed by atoms with van der Waals surface area (Å²) in [4.78, 5) is 94.8. The van der Waals surface area contributed by atoms with Gasteiger partial charge in [0.2, 0.25) is 11.8 Å². The monoisotopic (exact) mass is 1010 g/mol. The number of carbonyl (C=O) groups is 7. The van der Waals surface area contributed by atoms with Gasteiger partial charge in [-0.15, -0.1) is 0 Å². The predicted octanol–water partition coefficient (Wildman–Crippen LogP) is 3.22. The molecule has 0 saturated carbocycles. The number of aliphatic imine (C=N–C) groups is 1. The third-order valence-electron chi connectivity index (χ3n) is 11.6. The summed E-state index contributed by atoms with van der Waals surface area (Å²) in [7, 11) is 0. The highest BCUT2D eigenvalue weighted by Gasteiger charge is 2.31. The number of thioether (sulfide) groups is 1. The normalized spacial score (nSPS) is 18.7. The number of alkyl halides is 1. The number of nitrogens with two attached hydrogens (primary N) is 3. The molecule has 0 radical (unpaired) electrons. The maximum Gasteiger partial charge on any atom is 0.279 e. The summed E-state index contributed by atoms with van der Waals surface area (Å²) >= 11 is 4.04. The van der Waals surface area contributed by atoms with E-state index in [0.717, 1.165) is 17.3 Å². The third-order valence-corrected chi connectivity index (χ3v) is 13.1. The number of amides is 3. The van der Waals surface area contributed by atoms with Crippen LogP contribution in [0, 0.1) is 17.8 Å². The van der Waals surface area contributed by atoms with Gasteiger partial charge < -0.3 is 47.7 Å². The molecule has 66 heavy (non-hydrogen) atoms. The predicted molar refractivity (Wildman–Crippen MR) is 260 cm³/mol. The number of halogens is 1. The summed E-state index contributed by atoms with van der Waals surface area (Å²) in [6.45, 7) is 6.31. The zero-order valence-corrected chi connectivity index (χ0v) is 41.2. The van der Waals surface area contributed by atoms with Crippen molar-refractivity contribution in [1.82, 2.24) is 21.3 Å². The van der Waals surface area contributed by atoms with E-state index in [-0.39, 0.29) is 90.8 Å². The molecule has 2 rings (SSSR count). The Hall–Kier alpha value is -3.95. The molecule has 0 bridgehead atoms. The highest BCUT2D eigenvalue weighted by Crippen LogP contribution is 2.22. The lowest BCUT2D eigenvalue weighted by Gasteiger charge is -2.24. The van der Waals surface area contributed by atoms with Crippen molar-refractivity contribution in [2.24, 2.45) is 39.9 Å². The fraction of sp³-hybridized carbons (Fsp3) is 0.696. The molecule has 1 aliphatic heterocycles. The highest BCUT2D eigenvalue weighted by atomic mass is 79.9. The van der Waals surface area contributed by atoms with Gasteiger partial charge >= 0.3 is 0 Å². The van der Waals surface area contributed by atoms with E-state index in [2.05, 4.69) is 42.2 Å². The number of nitrogens with zero attached hydrogens (tertiary/aromatic N) is 1. The molecule has 0 unspecified atom stereocenters. The molecule has 18 nitrogen and oxygen atoms in total. The van der Waals surface area contributed by atoms with Crippen molar-refractivity contribution in [3.8, 4) is 5.75 Å². The number of hydrogen-bond acceptors (Lipinski definition) is 14. The van der Waals surface area contributed by atoms with Gasteiger partial charge in [-0.25, -0.2) is 0 Å². The van der Waals surface area contributed by atoms with Crippen LogP contribution in [0.15, 0.2) is 29.3 Å². The lowest BCUT2D eigenvalue weighted by molar-refractivity contribution is -0.125. The Morgan fingerprint density at radius 2 is 1.67 bits per heavy atom. The number of aromatic hydroxyl groups is 1. The second-order valence-electron chi connectivity index (χ2n) is 16.9. The van der Waals surface area contributed by atoms with Crippen LogP contribution in [0.2, 0.25) is 0 Å². The number of ether oxygens (including phenoxy) is 2. The van der Waals surface area contributed by atoms with E-state index in [0.29, 0.717) is 115 Å². The van der Waals surface area contributed by atoms with Crippen molar-refractivity contribution >= 4 is 73.8 Å². The first-order valence-electron chi connectivity index (χ1n) is 23.2. The zero-order chi connectivity index (χ0) is 48.7. The number of hydrogen-bond donors (Lipinski definition) is 8. The number of carbonyl (C=O) groups excluding carboxylic acids is 7. The number of rotatable bonds is 32. The average molecular weight is 1010 g/mol. The molecule has 1 heterocycles. The number of benzene rings is 1. The Labute approximate surface area is 402 Å². The molecule has 372 valence electrons. The molecule has 0 aliphatic carbocycles. The molecule has 0 spiro atoms. The van der Waals surface area contributed by atoms with Crippen LogP contribution in [0.1, 0.15) is 103 Å². The quantitative estimate of drug-likeness (QED) is 0.0223. The third kappa shape index (κ3) is 25.8. The molecule has 1 aromatic carbocycles. The van der Waals surface area contributed by atoms with E-state index < -0.39 is 35.2 Å². The van der Waals surface area contributed by atoms with E-state index in [1.807, 2.05) is 13.8 Å². The van der Waals surface area contributed by atoms with Crippen LogP contribution in [0.3, 0.4) is 0 Å². The number of guanidine groups is 1. The van der Waals surface area contributed by atoms with Crippen LogP contribution in [-0.2, 0) is 44.7 Å². The van der Waals surface area contributed by atoms with E-state index in [1.54, 1.807) is 12.1 Å². The number of unbranched alkanes of at least 4 members (excludes halogenated alkanes) is 1. The summed E-state index contributed by atoms with van der Waals surface area (Å²) in [6.07, 6.45) is 6.17. The molecular formula is C46H75BrN8O10S. The minimum Gasteiger partial charge on any atom is -0.508 e. The molecule has 1 fully saturated rings. The van der Waals surface area contributed by atoms with Crippen molar-refractivity contribution in [3.63, 3.8) is 0 Å². The second kappa shape index (κ2) is 34.4. The van der Waals surface area contributed by atoms with Crippen molar-refractivity contribution < 1.29 is 48.1 Å². The summed E-state index contributed by atoms with van der Waals surface area (Å²) < 4.78 is 10.9. The van der Waals surface area contributed by atoms with Gasteiger partial charge in [0.15, 0.2) is 17.5 Å².